The van der Waals surface area contributed by atoms with Gasteiger partial charge in [-0.15, -0.1) is 0 Å². The number of benzene rings is 1. The van der Waals surface area contributed by atoms with E-state index in [1.165, 1.54) is 6.07 Å². The zero-order chi connectivity index (χ0) is 14.9. The van der Waals surface area contributed by atoms with Gasteiger partial charge in [-0.2, -0.15) is 0 Å². The normalized spacial score (nSPS) is 18.7. The van der Waals surface area contributed by atoms with Crippen LogP contribution in [0.3, 0.4) is 0 Å². The Labute approximate surface area is 126 Å². The molecule has 3 nitrogen and oxygen atoms in total. The van der Waals surface area contributed by atoms with Crippen LogP contribution in [0.15, 0.2) is 16.6 Å². The van der Waals surface area contributed by atoms with Crippen LogP contribution in [0.4, 0.5) is 10.1 Å². The van der Waals surface area contributed by atoms with Crippen molar-refractivity contribution in [2.24, 2.45) is 5.41 Å². The van der Waals surface area contributed by atoms with E-state index in [1.807, 2.05) is 4.90 Å². The van der Waals surface area contributed by atoms with Crippen molar-refractivity contribution in [2.75, 3.05) is 18.0 Å². The molecule has 110 valence electrons. The first-order valence-electron chi connectivity index (χ1n) is 6.78. The van der Waals surface area contributed by atoms with Crippen molar-refractivity contribution < 1.29 is 14.3 Å². The molecule has 0 radical (unpaired) electrons. The first-order valence-corrected chi connectivity index (χ1v) is 7.57. The minimum Gasteiger partial charge on any atom is -0.478 e. The number of carbonyl (C=O) groups is 1. The lowest BCUT2D eigenvalue weighted by molar-refractivity contribution is 0.0695. The number of aromatic carboxylic acids is 1. The predicted molar refractivity (Wildman–Crippen MR) is 80.9 cm³/mol. The molecule has 5 heteroatoms. The second-order valence-corrected chi connectivity index (χ2v) is 6.86. The molecule has 0 unspecified atom stereocenters. The molecule has 2 rings (SSSR count). The number of hydrogen-bond acceptors (Lipinski definition) is 2. The molecule has 1 aromatic carbocycles. The van der Waals surface area contributed by atoms with Crippen LogP contribution in [0.25, 0.3) is 0 Å². The third-order valence-corrected chi connectivity index (χ3v) is 4.75. The van der Waals surface area contributed by atoms with E-state index in [0.717, 1.165) is 32.4 Å². The summed E-state index contributed by atoms with van der Waals surface area (Å²) in [5, 5.41) is 8.99. The Morgan fingerprint density at radius 2 is 2.05 bits per heavy atom. The molecule has 0 spiro atoms. The summed E-state index contributed by atoms with van der Waals surface area (Å²) in [5.74, 6) is -1.61. The molecule has 0 amide bonds. The lowest BCUT2D eigenvalue weighted by Gasteiger charge is -2.25. The summed E-state index contributed by atoms with van der Waals surface area (Å²) in [5.41, 5.74) is 0.727. The molecule has 0 bridgehead atoms. The summed E-state index contributed by atoms with van der Waals surface area (Å²) in [4.78, 5) is 13.0. The average Bonchev–Trinajstić information content (AvgIpc) is 2.53. The molecule has 1 aliphatic heterocycles. The molecule has 0 aromatic heterocycles. The van der Waals surface area contributed by atoms with E-state index in [-0.39, 0.29) is 15.5 Å². The minimum absolute atomic E-state index is 0.0333. The summed E-state index contributed by atoms with van der Waals surface area (Å²) in [6, 6.07) is 3.03. The highest BCUT2D eigenvalue weighted by Crippen LogP contribution is 2.34. The summed E-state index contributed by atoms with van der Waals surface area (Å²) in [7, 11) is 0. The molecule has 0 atom stereocenters. The Hall–Kier alpha value is -1.10. The summed E-state index contributed by atoms with van der Waals surface area (Å²) < 4.78 is 14.4. The predicted octanol–water partition coefficient (Wildman–Crippen LogP) is 4.30. The fourth-order valence-electron chi connectivity index (χ4n) is 2.61. The zero-order valence-corrected chi connectivity index (χ0v) is 13.3. The average molecular weight is 344 g/mol. The Kier molecular flexibility index (Phi) is 4.37. The van der Waals surface area contributed by atoms with Crippen LogP contribution in [-0.4, -0.2) is 24.2 Å². The highest BCUT2D eigenvalue weighted by Gasteiger charge is 2.25. The molecule has 0 aliphatic carbocycles. The van der Waals surface area contributed by atoms with Crippen LogP contribution in [-0.2, 0) is 0 Å². The van der Waals surface area contributed by atoms with Crippen LogP contribution >= 0.6 is 15.9 Å². The molecular formula is C15H19BrFNO2. The van der Waals surface area contributed by atoms with Gasteiger partial charge in [-0.1, -0.05) is 13.8 Å². The van der Waals surface area contributed by atoms with Crippen molar-refractivity contribution in [2.45, 2.75) is 33.1 Å². The van der Waals surface area contributed by atoms with Crippen LogP contribution in [0.5, 0.6) is 0 Å². The summed E-state index contributed by atoms with van der Waals surface area (Å²) in [6.45, 7) is 6.06. The standard InChI is InChI=1S/C15H19BrFNO2/c1-15(2)6-3-8-18(9-7-15)11-5-4-10(14(19)20)12(16)13(11)17/h4-5H,3,6-9H2,1-2H3,(H,19,20). The van der Waals surface area contributed by atoms with E-state index in [9.17, 15) is 9.18 Å². The second kappa shape index (κ2) is 5.72. The molecule has 1 aromatic rings. The van der Waals surface area contributed by atoms with E-state index in [0.29, 0.717) is 5.69 Å². The number of nitrogens with zero attached hydrogens (tertiary/aromatic N) is 1. The van der Waals surface area contributed by atoms with E-state index >= 15 is 0 Å². The van der Waals surface area contributed by atoms with Gasteiger partial charge in [-0.3, -0.25) is 0 Å². The van der Waals surface area contributed by atoms with Gasteiger partial charge in [0.15, 0.2) is 5.82 Å². The van der Waals surface area contributed by atoms with Crippen molar-refractivity contribution in [1.82, 2.24) is 0 Å². The molecule has 1 aliphatic rings. The van der Waals surface area contributed by atoms with E-state index in [4.69, 9.17) is 5.11 Å². The van der Waals surface area contributed by atoms with E-state index in [2.05, 4.69) is 29.8 Å². The van der Waals surface area contributed by atoms with Crippen molar-refractivity contribution >= 4 is 27.6 Å². The van der Waals surface area contributed by atoms with Gasteiger partial charge in [0.1, 0.15) is 0 Å². The number of halogens is 2. The number of rotatable bonds is 2. The smallest absolute Gasteiger partial charge is 0.336 e. The lowest BCUT2D eigenvalue weighted by Crippen LogP contribution is -2.26. The monoisotopic (exact) mass is 343 g/mol. The second-order valence-electron chi connectivity index (χ2n) is 6.07. The topological polar surface area (TPSA) is 40.5 Å². The fourth-order valence-corrected chi connectivity index (χ4v) is 3.12. The maximum absolute atomic E-state index is 14.4. The third kappa shape index (κ3) is 3.14. The van der Waals surface area contributed by atoms with Gasteiger partial charge in [0.25, 0.3) is 0 Å². The molecule has 0 saturated carbocycles. The first-order chi connectivity index (χ1) is 9.32. The number of carboxylic acid groups (broad SMARTS) is 1. The van der Waals surface area contributed by atoms with Gasteiger partial charge in [-0.25, -0.2) is 9.18 Å². The van der Waals surface area contributed by atoms with Gasteiger partial charge >= 0.3 is 5.97 Å². The van der Waals surface area contributed by atoms with Crippen LogP contribution in [0.2, 0.25) is 0 Å². The van der Waals surface area contributed by atoms with E-state index < -0.39 is 11.8 Å². The summed E-state index contributed by atoms with van der Waals surface area (Å²) in [6.07, 6.45) is 3.15. The fraction of sp³-hybridized carbons (Fsp3) is 0.533. The Morgan fingerprint density at radius 1 is 1.35 bits per heavy atom. The quantitative estimate of drug-likeness (QED) is 0.869. The van der Waals surface area contributed by atoms with Crippen LogP contribution in [0.1, 0.15) is 43.5 Å². The minimum atomic E-state index is -1.13. The largest absolute Gasteiger partial charge is 0.478 e. The molecule has 1 N–H and O–H groups in total. The van der Waals surface area contributed by atoms with Crippen molar-refractivity contribution in [3.8, 4) is 0 Å². The van der Waals surface area contributed by atoms with Gasteiger partial charge in [0.2, 0.25) is 0 Å². The Bertz CT molecular complexity index is 531. The van der Waals surface area contributed by atoms with Gasteiger partial charge in [-0.05, 0) is 52.7 Å². The Balaban J connectivity index is 2.29. The van der Waals surface area contributed by atoms with Crippen molar-refractivity contribution in [3.63, 3.8) is 0 Å². The van der Waals surface area contributed by atoms with Crippen molar-refractivity contribution in [3.05, 3.63) is 28.0 Å². The van der Waals surface area contributed by atoms with Gasteiger partial charge < -0.3 is 10.0 Å². The SMILES string of the molecule is CC1(C)CCCN(c2ccc(C(=O)O)c(Br)c2F)CC1. The number of anilines is 1. The molecule has 1 heterocycles. The molecule has 1 saturated heterocycles. The third-order valence-electron chi connectivity index (χ3n) is 3.97. The molecular weight excluding hydrogens is 325 g/mol. The number of carboxylic acids is 1. The van der Waals surface area contributed by atoms with Crippen molar-refractivity contribution in [1.29, 1.82) is 0 Å². The zero-order valence-electron chi connectivity index (χ0n) is 11.7. The van der Waals surface area contributed by atoms with Crippen LogP contribution < -0.4 is 4.90 Å². The maximum Gasteiger partial charge on any atom is 0.336 e. The van der Waals surface area contributed by atoms with Crippen LogP contribution in [0, 0.1) is 11.2 Å². The highest BCUT2D eigenvalue weighted by atomic mass is 79.9. The summed E-state index contributed by atoms with van der Waals surface area (Å²) >= 11 is 3.06. The first kappa shape index (κ1) is 15.3. The maximum atomic E-state index is 14.4. The number of hydrogen-bond donors (Lipinski definition) is 1. The molecule has 1 fully saturated rings. The van der Waals surface area contributed by atoms with Gasteiger partial charge in [0.05, 0.1) is 15.7 Å². The Morgan fingerprint density at radius 3 is 2.70 bits per heavy atom. The van der Waals surface area contributed by atoms with Gasteiger partial charge in [0, 0.05) is 13.1 Å². The molecule has 20 heavy (non-hydrogen) atoms. The highest BCUT2D eigenvalue weighted by molar-refractivity contribution is 9.10. The lowest BCUT2D eigenvalue weighted by atomic mass is 9.85. The van der Waals surface area contributed by atoms with E-state index in [1.54, 1.807) is 6.07 Å².